The summed E-state index contributed by atoms with van der Waals surface area (Å²) in [6.07, 6.45) is 5.24. The number of benzene rings is 2. The molecular formula is C26H32O6. The highest BCUT2D eigenvalue weighted by atomic mass is 16.5. The fourth-order valence-corrected chi connectivity index (χ4v) is 3.87. The summed E-state index contributed by atoms with van der Waals surface area (Å²) in [4.78, 5) is 12.6. The molecule has 172 valence electrons. The second-order valence-corrected chi connectivity index (χ2v) is 7.78. The average molecular weight is 441 g/mol. The number of fused-ring (bicyclic) bond motifs is 1. The van der Waals surface area contributed by atoms with Gasteiger partial charge in [-0.1, -0.05) is 26.2 Å². The third-order valence-corrected chi connectivity index (χ3v) is 5.67. The first-order chi connectivity index (χ1) is 15.5. The molecule has 0 saturated heterocycles. The van der Waals surface area contributed by atoms with Crippen molar-refractivity contribution in [3.63, 3.8) is 0 Å². The maximum absolute atomic E-state index is 12.6. The zero-order chi connectivity index (χ0) is 23.1. The van der Waals surface area contributed by atoms with Crippen molar-refractivity contribution in [3.05, 3.63) is 57.4 Å². The van der Waals surface area contributed by atoms with Gasteiger partial charge < -0.3 is 23.4 Å². The Morgan fingerprint density at radius 1 is 0.906 bits per heavy atom. The minimum absolute atomic E-state index is 0.256. The lowest BCUT2D eigenvalue weighted by Gasteiger charge is -2.15. The maximum atomic E-state index is 12.6. The number of hydrogen-bond acceptors (Lipinski definition) is 6. The Bertz CT molecular complexity index is 1090. The van der Waals surface area contributed by atoms with Crippen LogP contribution in [0.1, 0.15) is 49.3 Å². The quantitative estimate of drug-likeness (QED) is 0.276. The predicted molar refractivity (Wildman–Crippen MR) is 125 cm³/mol. The Kier molecular flexibility index (Phi) is 8.03. The van der Waals surface area contributed by atoms with Gasteiger partial charge in [-0.25, -0.2) is 4.79 Å². The smallest absolute Gasteiger partial charge is 0.339 e. The second-order valence-electron chi connectivity index (χ2n) is 7.78. The van der Waals surface area contributed by atoms with E-state index in [1.807, 2.05) is 31.2 Å². The molecule has 32 heavy (non-hydrogen) atoms. The van der Waals surface area contributed by atoms with Crippen LogP contribution in [0.4, 0.5) is 0 Å². The third-order valence-electron chi connectivity index (χ3n) is 5.67. The molecule has 0 fully saturated rings. The molecule has 6 nitrogen and oxygen atoms in total. The zero-order valence-corrected chi connectivity index (χ0v) is 19.6. The number of ether oxygens (including phenoxy) is 4. The first-order valence-corrected chi connectivity index (χ1v) is 11.0. The van der Waals surface area contributed by atoms with Gasteiger partial charge in [0.25, 0.3) is 0 Å². The van der Waals surface area contributed by atoms with Crippen molar-refractivity contribution < 1.29 is 23.4 Å². The van der Waals surface area contributed by atoms with Crippen LogP contribution in [0.15, 0.2) is 39.5 Å². The highest BCUT2D eigenvalue weighted by molar-refractivity contribution is 5.82. The SMILES string of the molecule is CCCCCCc1c(C)c2ccc(OCc3cc(OC)c(OC)c(OC)c3)cc2oc1=O. The Morgan fingerprint density at radius 2 is 1.62 bits per heavy atom. The molecule has 0 aliphatic heterocycles. The van der Waals surface area contributed by atoms with Crippen LogP contribution in [-0.2, 0) is 13.0 Å². The molecule has 0 bridgehead atoms. The van der Waals surface area contributed by atoms with Crippen LogP contribution in [0.2, 0.25) is 0 Å². The van der Waals surface area contributed by atoms with Gasteiger partial charge >= 0.3 is 5.63 Å². The molecule has 0 aliphatic rings. The van der Waals surface area contributed by atoms with Gasteiger partial charge in [-0.05, 0) is 55.2 Å². The molecule has 0 atom stereocenters. The Hall–Kier alpha value is -3.15. The zero-order valence-electron chi connectivity index (χ0n) is 19.6. The van der Waals surface area contributed by atoms with E-state index in [0.29, 0.717) is 35.2 Å². The lowest BCUT2D eigenvalue weighted by molar-refractivity contribution is 0.298. The van der Waals surface area contributed by atoms with E-state index in [9.17, 15) is 4.79 Å². The summed E-state index contributed by atoms with van der Waals surface area (Å²) < 4.78 is 27.8. The Labute approximate surface area is 189 Å². The van der Waals surface area contributed by atoms with Crippen LogP contribution in [-0.4, -0.2) is 21.3 Å². The van der Waals surface area contributed by atoms with Gasteiger partial charge in [0.05, 0.1) is 21.3 Å². The highest BCUT2D eigenvalue weighted by Gasteiger charge is 2.15. The summed E-state index contributed by atoms with van der Waals surface area (Å²) in [5.74, 6) is 2.28. The van der Waals surface area contributed by atoms with Gasteiger partial charge in [-0.2, -0.15) is 0 Å². The van der Waals surface area contributed by atoms with E-state index < -0.39 is 0 Å². The molecule has 0 aliphatic carbocycles. The van der Waals surface area contributed by atoms with Crippen LogP contribution in [0.3, 0.4) is 0 Å². The van der Waals surface area contributed by atoms with Crippen LogP contribution >= 0.6 is 0 Å². The molecule has 0 amide bonds. The van der Waals surface area contributed by atoms with Gasteiger partial charge in [0.1, 0.15) is 17.9 Å². The summed E-state index contributed by atoms with van der Waals surface area (Å²) in [5.41, 5.74) is 2.91. The molecule has 6 heteroatoms. The van der Waals surface area contributed by atoms with Crippen molar-refractivity contribution in [3.8, 4) is 23.0 Å². The lowest BCUT2D eigenvalue weighted by Crippen LogP contribution is -2.10. The number of hydrogen-bond donors (Lipinski definition) is 0. The van der Waals surface area contributed by atoms with Gasteiger partial charge in [-0.3, -0.25) is 0 Å². The number of aryl methyl sites for hydroxylation is 1. The van der Waals surface area contributed by atoms with E-state index >= 15 is 0 Å². The number of rotatable bonds is 11. The average Bonchev–Trinajstić information content (AvgIpc) is 2.81. The first-order valence-electron chi connectivity index (χ1n) is 11.0. The predicted octanol–water partition coefficient (Wildman–Crippen LogP) is 5.83. The van der Waals surface area contributed by atoms with E-state index in [1.54, 1.807) is 27.4 Å². The van der Waals surface area contributed by atoms with Crippen LogP contribution in [0, 0.1) is 6.92 Å². The van der Waals surface area contributed by atoms with Gasteiger partial charge in [-0.15, -0.1) is 0 Å². The lowest BCUT2D eigenvalue weighted by atomic mass is 10.0. The fourth-order valence-electron chi connectivity index (χ4n) is 3.87. The summed E-state index contributed by atoms with van der Waals surface area (Å²) in [5, 5.41) is 0.940. The second kappa shape index (κ2) is 10.9. The highest BCUT2D eigenvalue weighted by Crippen LogP contribution is 2.38. The maximum Gasteiger partial charge on any atom is 0.339 e. The van der Waals surface area contributed by atoms with Crippen molar-refractivity contribution in [1.82, 2.24) is 0 Å². The van der Waals surface area contributed by atoms with Gasteiger partial charge in [0.15, 0.2) is 11.5 Å². The molecule has 0 spiro atoms. The minimum atomic E-state index is -0.256. The minimum Gasteiger partial charge on any atom is -0.493 e. The molecule has 1 aromatic heterocycles. The summed E-state index contributed by atoms with van der Waals surface area (Å²) in [6.45, 7) is 4.46. The van der Waals surface area contributed by atoms with Crippen LogP contribution < -0.4 is 24.6 Å². The van der Waals surface area contributed by atoms with E-state index in [4.69, 9.17) is 23.4 Å². The van der Waals surface area contributed by atoms with E-state index in [0.717, 1.165) is 41.3 Å². The monoisotopic (exact) mass is 440 g/mol. The molecule has 0 saturated carbocycles. The topological polar surface area (TPSA) is 67.1 Å². The number of unbranched alkanes of at least 4 members (excludes halogenated alkanes) is 3. The summed E-state index contributed by atoms with van der Waals surface area (Å²) in [7, 11) is 4.72. The van der Waals surface area contributed by atoms with E-state index in [2.05, 4.69) is 6.92 Å². The van der Waals surface area contributed by atoms with Gasteiger partial charge in [0.2, 0.25) is 5.75 Å². The largest absolute Gasteiger partial charge is 0.493 e. The van der Waals surface area contributed by atoms with Crippen molar-refractivity contribution >= 4 is 11.0 Å². The summed E-state index contributed by atoms with van der Waals surface area (Å²) >= 11 is 0. The normalized spacial score (nSPS) is 10.9. The molecule has 3 rings (SSSR count). The standard InChI is InChI=1S/C26H32O6/c1-6-7-8-9-10-21-17(2)20-12-11-19(15-22(20)32-26(21)27)31-16-18-13-23(28-3)25(30-5)24(14-18)29-4/h11-15H,6-10,16H2,1-5H3. The van der Waals surface area contributed by atoms with Crippen LogP contribution in [0.5, 0.6) is 23.0 Å². The Morgan fingerprint density at radius 3 is 2.25 bits per heavy atom. The molecule has 3 aromatic rings. The van der Waals surface area contributed by atoms with Gasteiger partial charge in [0, 0.05) is 17.0 Å². The molecule has 0 N–H and O–H groups in total. The van der Waals surface area contributed by atoms with Crippen molar-refractivity contribution in [1.29, 1.82) is 0 Å². The molecule has 0 radical (unpaired) electrons. The molecular weight excluding hydrogens is 408 g/mol. The van der Waals surface area contributed by atoms with E-state index in [1.165, 1.54) is 12.8 Å². The Balaban J connectivity index is 1.80. The van der Waals surface area contributed by atoms with Crippen molar-refractivity contribution in [2.24, 2.45) is 0 Å². The molecule has 1 heterocycles. The number of methoxy groups -OCH3 is 3. The fraction of sp³-hybridized carbons (Fsp3) is 0.423. The van der Waals surface area contributed by atoms with Crippen molar-refractivity contribution in [2.75, 3.05) is 21.3 Å². The molecule has 0 unspecified atom stereocenters. The van der Waals surface area contributed by atoms with Crippen molar-refractivity contribution in [2.45, 2.75) is 52.6 Å². The third kappa shape index (κ3) is 5.18. The van der Waals surface area contributed by atoms with E-state index in [-0.39, 0.29) is 5.63 Å². The first kappa shape index (κ1) is 23.5. The molecule has 2 aromatic carbocycles. The summed E-state index contributed by atoms with van der Waals surface area (Å²) in [6, 6.07) is 9.30. The van der Waals surface area contributed by atoms with Crippen LogP contribution in [0.25, 0.3) is 11.0 Å².